The van der Waals surface area contributed by atoms with E-state index < -0.39 is 0 Å². The van der Waals surface area contributed by atoms with E-state index in [9.17, 15) is 0 Å². The molecule has 1 unspecified atom stereocenters. The number of fused-ring (bicyclic) bond motifs is 1. The molecule has 0 amide bonds. The number of hydrogen-bond acceptors (Lipinski definition) is 2. The summed E-state index contributed by atoms with van der Waals surface area (Å²) in [6, 6.07) is 0. The smallest absolute Gasteiger partial charge is 0.277 e. The summed E-state index contributed by atoms with van der Waals surface area (Å²) >= 11 is 4.92. The summed E-state index contributed by atoms with van der Waals surface area (Å²) in [7, 11) is 0. The minimum Gasteiger partial charge on any atom is -0.308 e. The number of rotatable bonds is 0. The summed E-state index contributed by atoms with van der Waals surface area (Å²) in [5.74, 6) is 0. The van der Waals surface area contributed by atoms with Crippen LogP contribution >= 0.6 is 12.2 Å². The second-order valence-corrected chi connectivity index (χ2v) is 2.55. The molecular formula is C6H6N3S+. The van der Waals surface area contributed by atoms with Gasteiger partial charge >= 0.3 is 0 Å². The quantitative estimate of drug-likeness (QED) is 0.387. The van der Waals surface area contributed by atoms with Crippen LogP contribution in [0.25, 0.3) is 0 Å². The topological polar surface area (TPSA) is 27.4 Å². The van der Waals surface area contributed by atoms with Gasteiger partial charge in [0.25, 0.3) is 6.17 Å². The molecule has 0 radical (unpaired) electrons. The third-order valence-corrected chi connectivity index (χ3v) is 1.63. The van der Waals surface area contributed by atoms with E-state index in [1.54, 1.807) is 17.1 Å². The third kappa shape index (κ3) is 0.769. The Morgan fingerprint density at radius 2 is 2.60 bits per heavy atom. The van der Waals surface area contributed by atoms with Crippen LogP contribution in [0.2, 0.25) is 0 Å². The summed E-state index contributed by atoms with van der Waals surface area (Å²) in [5, 5.41) is 7.11. The van der Waals surface area contributed by atoms with E-state index in [1.165, 1.54) is 0 Å². The van der Waals surface area contributed by atoms with E-state index in [2.05, 4.69) is 10.4 Å². The molecule has 2 heterocycles. The highest BCUT2D eigenvalue weighted by molar-refractivity contribution is 7.81. The zero-order valence-electron chi connectivity index (χ0n) is 5.19. The van der Waals surface area contributed by atoms with Gasteiger partial charge in [0, 0.05) is 6.08 Å². The van der Waals surface area contributed by atoms with Crippen molar-refractivity contribution in [1.29, 1.82) is 0 Å². The molecule has 2 aliphatic heterocycles. The lowest BCUT2D eigenvalue weighted by Crippen LogP contribution is -2.30. The predicted octanol–water partition coefficient (Wildman–Crippen LogP) is -0.118. The molecule has 0 aromatic rings. The van der Waals surface area contributed by atoms with E-state index in [0.29, 0.717) is 0 Å². The van der Waals surface area contributed by atoms with Crippen LogP contribution in [0.4, 0.5) is 0 Å². The van der Waals surface area contributed by atoms with Crippen LogP contribution < -0.4 is 5.32 Å². The van der Waals surface area contributed by atoms with Crippen LogP contribution in [0.1, 0.15) is 0 Å². The number of allylic oxidation sites excluding steroid dienone is 1. The fourth-order valence-corrected chi connectivity index (χ4v) is 1.19. The monoisotopic (exact) mass is 152 g/mol. The molecule has 0 fully saturated rings. The second-order valence-electron chi connectivity index (χ2n) is 2.11. The largest absolute Gasteiger partial charge is 0.308 e. The Hall–Kier alpha value is -1.03. The standard InChI is InChI=1S/C6H5N3S/c10-6-4-9-5(8-6)2-1-3-7-9/h1-5H/p+1. The maximum Gasteiger partial charge on any atom is 0.277 e. The van der Waals surface area contributed by atoms with Gasteiger partial charge in [-0.1, -0.05) is 16.9 Å². The Kier molecular flexibility index (Phi) is 1.14. The Morgan fingerprint density at radius 1 is 1.70 bits per heavy atom. The van der Waals surface area contributed by atoms with Gasteiger partial charge in [0.05, 0.1) is 6.21 Å². The lowest BCUT2D eigenvalue weighted by molar-refractivity contribution is -0.552. The van der Waals surface area contributed by atoms with Crippen molar-refractivity contribution in [2.45, 2.75) is 6.17 Å². The molecular weight excluding hydrogens is 146 g/mol. The van der Waals surface area contributed by atoms with Gasteiger partial charge in [-0.3, -0.25) is 0 Å². The molecule has 10 heavy (non-hydrogen) atoms. The number of nitrogens with one attached hydrogen (secondary N) is 1. The molecule has 0 saturated carbocycles. The van der Waals surface area contributed by atoms with Crippen molar-refractivity contribution < 1.29 is 4.68 Å². The molecule has 0 saturated heterocycles. The summed E-state index contributed by atoms with van der Waals surface area (Å²) in [5.41, 5.74) is 0. The van der Waals surface area contributed by atoms with Gasteiger partial charge in [0.15, 0.2) is 4.99 Å². The van der Waals surface area contributed by atoms with Gasteiger partial charge in [0.1, 0.15) is 0 Å². The van der Waals surface area contributed by atoms with Crippen molar-refractivity contribution in [1.82, 2.24) is 5.32 Å². The molecule has 2 rings (SSSR count). The fourth-order valence-electron chi connectivity index (χ4n) is 0.961. The van der Waals surface area contributed by atoms with Gasteiger partial charge in [-0.2, -0.15) is 0 Å². The van der Waals surface area contributed by atoms with Crippen molar-refractivity contribution in [3.8, 4) is 0 Å². The maximum atomic E-state index is 4.92. The summed E-state index contributed by atoms with van der Waals surface area (Å²) in [6.07, 6.45) is 7.60. The predicted molar refractivity (Wildman–Crippen MR) is 43.5 cm³/mol. The molecule has 2 aliphatic rings. The highest BCUT2D eigenvalue weighted by atomic mass is 32.1. The molecule has 3 nitrogen and oxygen atoms in total. The zero-order valence-corrected chi connectivity index (χ0v) is 6.01. The van der Waals surface area contributed by atoms with Crippen molar-refractivity contribution >= 4 is 29.6 Å². The van der Waals surface area contributed by atoms with Crippen LogP contribution in [0.5, 0.6) is 0 Å². The average Bonchev–Trinajstić information content (AvgIpc) is 2.27. The molecule has 0 spiro atoms. The van der Waals surface area contributed by atoms with Crippen molar-refractivity contribution in [2.75, 3.05) is 0 Å². The van der Waals surface area contributed by atoms with E-state index in [-0.39, 0.29) is 6.17 Å². The summed E-state index contributed by atoms with van der Waals surface area (Å²) in [6.45, 7) is 0. The SMILES string of the molecule is S=C1C=[N+]2N=CC=CC2N1. The number of nitrogens with zero attached hydrogens (tertiary/aromatic N) is 2. The van der Waals surface area contributed by atoms with Crippen molar-refractivity contribution in [2.24, 2.45) is 5.10 Å². The van der Waals surface area contributed by atoms with Crippen molar-refractivity contribution in [3.05, 3.63) is 12.2 Å². The molecule has 1 atom stereocenters. The van der Waals surface area contributed by atoms with Crippen LogP contribution in [0.3, 0.4) is 0 Å². The minimum atomic E-state index is 0.150. The van der Waals surface area contributed by atoms with Gasteiger partial charge < -0.3 is 5.32 Å². The molecule has 0 aromatic heterocycles. The Morgan fingerprint density at radius 3 is 3.40 bits per heavy atom. The fraction of sp³-hybridized carbons (Fsp3) is 0.167. The highest BCUT2D eigenvalue weighted by Gasteiger charge is 2.27. The molecule has 0 aromatic carbocycles. The first-order valence-corrected chi connectivity index (χ1v) is 3.41. The van der Waals surface area contributed by atoms with Crippen LogP contribution in [-0.4, -0.2) is 28.3 Å². The normalized spacial score (nSPS) is 27.8. The van der Waals surface area contributed by atoms with E-state index in [0.717, 1.165) is 4.99 Å². The first kappa shape index (κ1) is 5.73. The molecule has 0 bridgehead atoms. The van der Waals surface area contributed by atoms with Crippen LogP contribution in [0.15, 0.2) is 17.3 Å². The van der Waals surface area contributed by atoms with Crippen LogP contribution in [-0.2, 0) is 0 Å². The number of hydrogen-bond donors (Lipinski definition) is 1. The summed E-state index contributed by atoms with van der Waals surface area (Å²) in [4.78, 5) is 0.744. The lowest BCUT2D eigenvalue weighted by atomic mass is 10.4. The van der Waals surface area contributed by atoms with Gasteiger partial charge in [-0.25, -0.2) is 0 Å². The molecule has 4 heteroatoms. The van der Waals surface area contributed by atoms with E-state index >= 15 is 0 Å². The highest BCUT2D eigenvalue weighted by Crippen LogP contribution is 2.00. The number of hydrazone groups is 1. The molecule has 0 aliphatic carbocycles. The summed E-state index contributed by atoms with van der Waals surface area (Å²) < 4.78 is 1.79. The maximum absolute atomic E-state index is 4.92. The second kappa shape index (κ2) is 1.98. The lowest BCUT2D eigenvalue weighted by Gasteiger charge is -2.01. The molecule has 1 N–H and O–H groups in total. The van der Waals surface area contributed by atoms with Crippen molar-refractivity contribution in [3.63, 3.8) is 0 Å². The third-order valence-electron chi connectivity index (χ3n) is 1.40. The Labute approximate surface area is 63.7 Å². The van der Waals surface area contributed by atoms with E-state index in [4.69, 9.17) is 12.2 Å². The van der Waals surface area contributed by atoms with Gasteiger partial charge in [0.2, 0.25) is 6.21 Å². The van der Waals surface area contributed by atoms with Crippen LogP contribution in [0, 0.1) is 0 Å². The Balaban J connectivity index is 2.37. The number of thiocarbonyl (C=S) groups is 1. The first-order valence-electron chi connectivity index (χ1n) is 3.01. The Bertz CT molecular complexity index is 264. The average molecular weight is 152 g/mol. The first-order chi connectivity index (χ1) is 4.86. The van der Waals surface area contributed by atoms with Gasteiger partial charge in [-0.15, -0.1) is 0 Å². The molecule has 50 valence electrons. The zero-order chi connectivity index (χ0) is 6.97. The van der Waals surface area contributed by atoms with E-state index in [1.807, 2.05) is 12.2 Å². The van der Waals surface area contributed by atoms with Gasteiger partial charge in [-0.05, 0) is 11.2 Å². The minimum absolute atomic E-state index is 0.150.